The second-order valence-electron chi connectivity index (χ2n) is 4.58. The lowest BCUT2D eigenvalue weighted by Gasteiger charge is -2.28. The lowest BCUT2D eigenvalue weighted by Crippen LogP contribution is -2.26. The summed E-state index contributed by atoms with van der Waals surface area (Å²) in [7, 11) is 1.25. The van der Waals surface area contributed by atoms with Crippen LogP contribution >= 0.6 is 0 Å². The molecule has 0 heterocycles. The zero-order chi connectivity index (χ0) is 14.1. The van der Waals surface area contributed by atoms with Gasteiger partial charge in [0.15, 0.2) is 11.5 Å². The third kappa shape index (κ3) is 2.53. The molecule has 1 rings (SSSR count). The maximum atomic E-state index is 12.9. The predicted molar refractivity (Wildman–Crippen MR) is 59.8 cm³/mol. The number of halogens is 3. The molecule has 0 aliphatic heterocycles. The van der Waals surface area contributed by atoms with E-state index in [9.17, 15) is 23.4 Å². The Morgan fingerprint density at radius 3 is 2.17 bits per heavy atom. The summed E-state index contributed by atoms with van der Waals surface area (Å²) in [4.78, 5) is 0. The summed E-state index contributed by atoms with van der Waals surface area (Å²) in [6.07, 6.45) is -4.61. The van der Waals surface area contributed by atoms with Crippen molar-refractivity contribution in [2.24, 2.45) is 0 Å². The van der Waals surface area contributed by atoms with Crippen LogP contribution in [0, 0.1) is 0 Å². The Morgan fingerprint density at radius 1 is 1.22 bits per heavy atom. The van der Waals surface area contributed by atoms with Gasteiger partial charge in [-0.05, 0) is 12.1 Å². The fourth-order valence-corrected chi connectivity index (χ4v) is 1.74. The van der Waals surface area contributed by atoms with Gasteiger partial charge in [0, 0.05) is 11.0 Å². The summed E-state index contributed by atoms with van der Waals surface area (Å²) in [6.45, 7) is 2.30. The summed E-state index contributed by atoms with van der Waals surface area (Å²) in [6, 6.07) is 1.89. The number of aliphatic hydroxyl groups excluding tert-OH is 1. The maximum Gasteiger partial charge on any atom is 0.416 e. The van der Waals surface area contributed by atoms with Crippen LogP contribution in [0.2, 0.25) is 0 Å². The number of methoxy groups -OCH3 is 1. The lowest BCUT2D eigenvalue weighted by molar-refractivity contribution is -0.139. The smallest absolute Gasteiger partial charge is 0.416 e. The molecule has 0 aliphatic carbocycles. The van der Waals surface area contributed by atoms with E-state index in [4.69, 9.17) is 4.74 Å². The molecule has 18 heavy (non-hydrogen) atoms. The first-order valence-electron chi connectivity index (χ1n) is 5.23. The maximum absolute atomic E-state index is 12.9. The van der Waals surface area contributed by atoms with E-state index in [2.05, 4.69) is 0 Å². The highest BCUT2D eigenvalue weighted by atomic mass is 19.4. The second-order valence-corrected chi connectivity index (χ2v) is 4.58. The zero-order valence-electron chi connectivity index (χ0n) is 10.3. The SMILES string of the molecule is COc1ccc(C(F)(F)F)c(C(C)(C)CO)c1O. The third-order valence-corrected chi connectivity index (χ3v) is 2.74. The molecule has 0 unspecified atom stereocenters. The molecule has 0 aromatic heterocycles. The van der Waals surface area contributed by atoms with Crippen LogP contribution in [0.1, 0.15) is 25.0 Å². The molecule has 3 nitrogen and oxygen atoms in total. The van der Waals surface area contributed by atoms with Crippen molar-refractivity contribution < 1.29 is 28.1 Å². The Bertz CT molecular complexity index is 439. The number of aliphatic hydroxyl groups is 1. The van der Waals surface area contributed by atoms with Gasteiger partial charge >= 0.3 is 6.18 Å². The molecule has 102 valence electrons. The van der Waals surface area contributed by atoms with Crippen LogP contribution in [-0.4, -0.2) is 23.9 Å². The molecule has 0 atom stereocenters. The molecule has 0 aliphatic rings. The molecule has 0 radical (unpaired) electrons. The van der Waals surface area contributed by atoms with Crippen molar-refractivity contribution in [1.29, 1.82) is 0 Å². The molecule has 6 heteroatoms. The number of hydrogen-bond acceptors (Lipinski definition) is 3. The van der Waals surface area contributed by atoms with Crippen LogP contribution < -0.4 is 4.74 Å². The van der Waals surface area contributed by atoms with Crippen LogP contribution in [0.3, 0.4) is 0 Å². The van der Waals surface area contributed by atoms with E-state index in [1.165, 1.54) is 21.0 Å². The first-order chi connectivity index (χ1) is 8.15. The third-order valence-electron chi connectivity index (χ3n) is 2.74. The van der Waals surface area contributed by atoms with Crippen molar-refractivity contribution in [3.8, 4) is 11.5 Å². The first-order valence-corrected chi connectivity index (χ1v) is 5.23. The summed E-state index contributed by atoms with van der Waals surface area (Å²) in [5, 5.41) is 19.1. The molecule has 0 spiro atoms. The van der Waals surface area contributed by atoms with Gasteiger partial charge in [0.1, 0.15) is 0 Å². The van der Waals surface area contributed by atoms with Crippen molar-refractivity contribution in [3.63, 3.8) is 0 Å². The Kier molecular flexibility index (Phi) is 3.81. The van der Waals surface area contributed by atoms with Gasteiger partial charge in [-0.3, -0.25) is 0 Å². The highest BCUT2D eigenvalue weighted by molar-refractivity contribution is 5.54. The van der Waals surface area contributed by atoms with Crippen LogP contribution in [0.5, 0.6) is 11.5 Å². The predicted octanol–water partition coefficient (Wildman–Crippen LogP) is 2.69. The largest absolute Gasteiger partial charge is 0.504 e. The molecule has 0 bridgehead atoms. The molecule has 0 amide bonds. The van der Waals surface area contributed by atoms with E-state index >= 15 is 0 Å². The van der Waals surface area contributed by atoms with Crippen molar-refractivity contribution in [2.75, 3.05) is 13.7 Å². The van der Waals surface area contributed by atoms with Crippen molar-refractivity contribution in [1.82, 2.24) is 0 Å². The van der Waals surface area contributed by atoms with E-state index in [0.717, 1.165) is 12.1 Å². The highest BCUT2D eigenvalue weighted by Gasteiger charge is 2.40. The summed E-state index contributed by atoms with van der Waals surface area (Å²) in [5.41, 5.74) is -2.57. The minimum Gasteiger partial charge on any atom is -0.504 e. The molecule has 0 saturated carbocycles. The van der Waals surface area contributed by atoms with E-state index < -0.39 is 29.5 Å². The van der Waals surface area contributed by atoms with Crippen LogP contribution in [0.15, 0.2) is 12.1 Å². The Balaban J connectivity index is 3.61. The van der Waals surface area contributed by atoms with E-state index in [0.29, 0.717) is 0 Å². The Labute approximate surface area is 103 Å². The minimum atomic E-state index is -4.61. The zero-order valence-corrected chi connectivity index (χ0v) is 10.3. The average molecular weight is 264 g/mol. The highest BCUT2D eigenvalue weighted by Crippen LogP contribution is 2.45. The summed E-state index contributed by atoms with van der Waals surface area (Å²) in [5.74, 6) is -0.647. The number of phenolic OH excluding ortho intramolecular Hbond substituents is 1. The number of phenols is 1. The quantitative estimate of drug-likeness (QED) is 0.882. The van der Waals surface area contributed by atoms with Crippen LogP contribution in [0.4, 0.5) is 13.2 Å². The number of ether oxygens (including phenoxy) is 1. The number of aromatic hydroxyl groups is 1. The lowest BCUT2D eigenvalue weighted by atomic mass is 9.81. The van der Waals surface area contributed by atoms with Gasteiger partial charge in [0.05, 0.1) is 19.3 Å². The van der Waals surface area contributed by atoms with Gasteiger partial charge in [0.25, 0.3) is 0 Å². The van der Waals surface area contributed by atoms with Crippen molar-refractivity contribution in [2.45, 2.75) is 25.4 Å². The number of benzene rings is 1. The normalized spacial score (nSPS) is 12.6. The minimum absolute atomic E-state index is 0.0560. The Morgan fingerprint density at radius 2 is 1.78 bits per heavy atom. The molecular weight excluding hydrogens is 249 g/mol. The summed E-state index contributed by atoms with van der Waals surface area (Å²) >= 11 is 0. The number of hydrogen-bond donors (Lipinski definition) is 2. The number of alkyl halides is 3. The standard InChI is InChI=1S/C12H15F3O3/c1-11(2,6-16)9-7(12(13,14)15)4-5-8(18-3)10(9)17/h4-5,16-17H,6H2,1-3H3. The van der Waals surface area contributed by atoms with Crippen molar-refractivity contribution >= 4 is 0 Å². The van der Waals surface area contributed by atoms with Crippen molar-refractivity contribution in [3.05, 3.63) is 23.3 Å². The number of rotatable bonds is 3. The molecular formula is C12H15F3O3. The van der Waals surface area contributed by atoms with Crippen LogP contribution in [0.25, 0.3) is 0 Å². The molecule has 0 saturated heterocycles. The van der Waals surface area contributed by atoms with Crippen LogP contribution in [-0.2, 0) is 11.6 Å². The van der Waals surface area contributed by atoms with Gasteiger partial charge in [-0.2, -0.15) is 13.2 Å². The van der Waals surface area contributed by atoms with Gasteiger partial charge in [-0.15, -0.1) is 0 Å². The molecule has 1 aromatic rings. The second kappa shape index (κ2) is 4.68. The van der Waals surface area contributed by atoms with Gasteiger partial charge < -0.3 is 14.9 Å². The average Bonchev–Trinajstić information content (AvgIpc) is 2.27. The first kappa shape index (κ1) is 14.6. The fourth-order valence-electron chi connectivity index (χ4n) is 1.74. The molecule has 1 aromatic carbocycles. The fraction of sp³-hybridized carbons (Fsp3) is 0.500. The van der Waals surface area contributed by atoms with E-state index in [-0.39, 0.29) is 11.3 Å². The topological polar surface area (TPSA) is 49.7 Å². The summed E-state index contributed by atoms with van der Waals surface area (Å²) < 4.78 is 43.5. The Hall–Kier alpha value is -1.43. The van der Waals surface area contributed by atoms with Gasteiger partial charge in [-0.1, -0.05) is 13.8 Å². The van der Waals surface area contributed by atoms with Gasteiger partial charge in [-0.25, -0.2) is 0 Å². The molecule has 2 N–H and O–H groups in total. The van der Waals surface area contributed by atoms with E-state index in [1.807, 2.05) is 0 Å². The van der Waals surface area contributed by atoms with Gasteiger partial charge in [0.2, 0.25) is 0 Å². The molecule has 0 fully saturated rings. The van der Waals surface area contributed by atoms with E-state index in [1.54, 1.807) is 0 Å². The monoisotopic (exact) mass is 264 g/mol.